The van der Waals surface area contributed by atoms with Gasteiger partial charge in [-0.05, 0) is 55.7 Å². The first-order chi connectivity index (χ1) is 15.0. The molecule has 1 aromatic heterocycles. The molecule has 1 aliphatic rings. The van der Waals surface area contributed by atoms with Crippen LogP contribution in [0.3, 0.4) is 0 Å². The summed E-state index contributed by atoms with van der Waals surface area (Å²) in [5, 5.41) is 0.870. The van der Waals surface area contributed by atoms with Gasteiger partial charge in [0, 0.05) is 48.8 Å². The summed E-state index contributed by atoms with van der Waals surface area (Å²) in [5.74, 6) is 1.42. The Labute approximate surface area is 183 Å². The number of hydrogen-bond donors (Lipinski definition) is 0. The predicted molar refractivity (Wildman–Crippen MR) is 121 cm³/mol. The lowest BCUT2D eigenvalue weighted by Gasteiger charge is -2.29. The SMILES string of the molecule is CCOC(=O)c1c(C)n(C)c2cc(CN3CCc4cc(OC)ccc4C3)c(OC)cc12. The van der Waals surface area contributed by atoms with Crippen LogP contribution in [0.25, 0.3) is 10.9 Å². The summed E-state index contributed by atoms with van der Waals surface area (Å²) < 4.78 is 18.5. The molecule has 31 heavy (non-hydrogen) atoms. The fourth-order valence-electron chi connectivity index (χ4n) is 4.50. The fraction of sp³-hybridized carbons (Fsp3) is 0.400. The van der Waals surface area contributed by atoms with Crippen LogP contribution in [0.1, 0.15) is 39.7 Å². The number of methoxy groups -OCH3 is 2. The molecule has 0 spiro atoms. The van der Waals surface area contributed by atoms with E-state index in [1.165, 1.54) is 11.1 Å². The van der Waals surface area contributed by atoms with Crippen molar-refractivity contribution in [2.45, 2.75) is 33.4 Å². The highest BCUT2D eigenvalue weighted by atomic mass is 16.5. The first-order valence-corrected chi connectivity index (χ1v) is 10.7. The molecule has 0 atom stereocenters. The molecule has 0 aliphatic carbocycles. The minimum atomic E-state index is -0.288. The highest BCUT2D eigenvalue weighted by molar-refractivity contribution is 6.06. The third-order valence-electron chi connectivity index (χ3n) is 6.27. The molecule has 3 aromatic rings. The van der Waals surface area contributed by atoms with Gasteiger partial charge in [0.2, 0.25) is 0 Å². The molecule has 0 saturated heterocycles. The molecule has 0 unspecified atom stereocenters. The predicted octanol–water partition coefficient (Wildman–Crippen LogP) is 4.24. The Bertz CT molecular complexity index is 1130. The summed E-state index contributed by atoms with van der Waals surface area (Å²) in [7, 11) is 5.38. The molecule has 4 rings (SSSR count). The molecule has 2 aromatic carbocycles. The van der Waals surface area contributed by atoms with Crippen molar-refractivity contribution in [2.24, 2.45) is 7.05 Å². The van der Waals surface area contributed by atoms with Crippen molar-refractivity contribution in [1.29, 1.82) is 0 Å². The number of benzene rings is 2. The summed E-state index contributed by atoms with van der Waals surface area (Å²) >= 11 is 0. The van der Waals surface area contributed by atoms with E-state index in [0.29, 0.717) is 12.2 Å². The number of rotatable bonds is 6. The van der Waals surface area contributed by atoms with E-state index >= 15 is 0 Å². The van der Waals surface area contributed by atoms with E-state index in [4.69, 9.17) is 14.2 Å². The summed E-state index contributed by atoms with van der Waals surface area (Å²) in [5.41, 5.74) is 6.33. The van der Waals surface area contributed by atoms with Crippen LogP contribution in [0.4, 0.5) is 0 Å². The summed E-state index contributed by atoms with van der Waals surface area (Å²) in [6.07, 6.45) is 0.993. The number of fused-ring (bicyclic) bond motifs is 2. The number of esters is 1. The lowest BCUT2D eigenvalue weighted by molar-refractivity contribution is 0.0527. The zero-order chi connectivity index (χ0) is 22.1. The Balaban J connectivity index is 1.66. The Morgan fingerprint density at radius 2 is 1.90 bits per heavy atom. The maximum Gasteiger partial charge on any atom is 0.340 e. The molecule has 0 saturated carbocycles. The van der Waals surface area contributed by atoms with E-state index in [2.05, 4.69) is 27.7 Å². The van der Waals surface area contributed by atoms with Crippen molar-refractivity contribution in [2.75, 3.05) is 27.4 Å². The van der Waals surface area contributed by atoms with Gasteiger partial charge in [0.05, 0.1) is 26.4 Å². The van der Waals surface area contributed by atoms with Crippen molar-refractivity contribution in [3.63, 3.8) is 0 Å². The largest absolute Gasteiger partial charge is 0.497 e. The van der Waals surface area contributed by atoms with Crippen LogP contribution < -0.4 is 9.47 Å². The normalized spacial score (nSPS) is 13.8. The summed E-state index contributed by atoms with van der Waals surface area (Å²) in [6, 6.07) is 10.5. The van der Waals surface area contributed by atoms with E-state index in [1.807, 2.05) is 33.0 Å². The van der Waals surface area contributed by atoms with Crippen molar-refractivity contribution < 1.29 is 19.0 Å². The maximum atomic E-state index is 12.6. The van der Waals surface area contributed by atoms with Crippen LogP contribution in [-0.2, 0) is 31.3 Å². The maximum absolute atomic E-state index is 12.6. The minimum absolute atomic E-state index is 0.288. The van der Waals surface area contributed by atoms with Gasteiger partial charge in [-0.25, -0.2) is 4.79 Å². The molecule has 6 heteroatoms. The number of hydrogen-bond acceptors (Lipinski definition) is 5. The average Bonchev–Trinajstić information content (AvgIpc) is 3.02. The van der Waals surface area contributed by atoms with Crippen LogP contribution >= 0.6 is 0 Å². The van der Waals surface area contributed by atoms with Gasteiger partial charge < -0.3 is 18.8 Å². The number of ether oxygens (including phenoxy) is 3. The van der Waals surface area contributed by atoms with Gasteiger partial charge in [-0.1, -0.05) is 6.07 Å². The van der Waals surface area contributed by atoms with E-state index in [-0.39, 0.29) is 5.97 Å². The van der Waals surface area contributed by atoms with Gasteiger partial charge in [0.1, 0.15) is 11.5 Å². The van der Waals surface area contributed by atoms with E-state index in [9.17, 15) is 4.79 Å². The average molecular weight is 423 g/mol. The molecule has 164 valence electrons. The lowest BCUT2D eigenvalue weighted by atomic mass is 9.98. The van der Waals surface area contributed by atoms with Gasteiger partial charge in [-0.2, -0.15) is 0 Å². The van der Waals surface area contributed by atoms with Gasteiger partial charge in [0.25, 0.3) is 0 Å². The van der Waals surface area contributed by atoms with Crippen LogP contribution in [-0.4, -0.2) is 42.8 Å². The van der Waals surface area contributed by atoms with E-state index < -0.39 is 0 Å². The van der Waals surface area contributed by atoms with Crippen molar-refractivity contribution in [3.8, 4) is 11.5 Å². The third kappa shape index (κ3) is 3.88. The second-order valence-corrected chi connectivity index (χ2v) is 8.02. The fourth-order valence-corrected chi connectivity index (χ4v) is 4.50. The van der Waals surface area contributed by atoms with Crippen LogP contribution in [0, 0.1) is 6.92 Å². The lowest BCUT2D eigenvalue weighted by Crippen LogP contribution is -2.30. The topological polar surface area (TPSA) is 52.9 Å². The molecule has 0 fully saturated rings. The van der Waals surface area contributed by atoms with Crippen molar-refractivity contribution in [1.82, 2.24) is 9.47 Å². The zero-order valence-electron chi connectivity index (χ0n) is 18.9. The monoisotopic (exact) mass is 422 g/mol. The molecule has 6 nitrogen and oxygen atoms in total. The van der Waals surface area contributed by atoms with E-state index in [1.54, 1.807) is 14.2 Å². The third-order valence-corrected chi connectivity index (χ3v) is 6.27. The number of carbonyl (C=O) groups is 1. The Morgan fingerprint density at radius 1 is 1.10 bits per heavy atom. The van der Waals surface area contributed by atoms with Crippen LogP contribution in [0.5, 0.6) is 11.5 Å². The first-order valence-electron chi connectivity index (χ1n) is 10.7. The molecular formula is C25H30N2O4. The Morgan fingerprint density at radius 3 is 2.61 bits per heavy atom. The van der Waals surface area contributed by atoms with Gasteiger partial charge in [-0.3, -0.25) is 4.90 Å². The van der Waals surface area contributed by atoms with Gasteiger partial charge in [-0.15, -0.1) is 0 Å². The van der Waals surface area contributed by atoms with Crippen molar-refractivity contribution in [3.05, 3.63) is 58.3 Å². The summed E-state index contributed by atoms with van der Waals surface area (Å²) in [6.45, 7) is 6.77. The highest BCUT2D eigenvalue weighted by Gasteiger charge is 2.23. The minimum Gasteiger partial charge on any atom is -0.497 e. The molecule has 2 heterocycles. The smallest absolute Gasteiger partial charge is 0.340 e. The molecular weight excluding hydrogens is 392 g/mol. The van der Waals surface area contributed by atoms with Gasteiger partial charge >= 0.3 is 5.97 Å². The quantitative estimate of drug-likeness (QED) is 0.556. The summed E-state index contributed by atoms with van der Waals surface area (Å²) in [4.78, 5) is 15.0. The van der Waals surface area contributed by atoms with Crippen molar-refractivity contribution >= 4 is 16.9 Å². The zero-order valence-corrected chi connectivity index (χ0v) is 18.9. The standard InChI is InChI=1S/C25H30N2O4/c1-6-31-25(28)24-16(2)26(3)22-12-19(23(30-5)13-21(22)24)15-27-10-9-17-11-20(29-4)8-7-18(17)14-27/h7-8,11-13H,6,9-10,14-15H2,1-5H3. The number of carbonyl (C=O) groups excluding carboxylic acids is 1. The molecule has 0 bridgehead atoms. The Kier molecular flexibility index (Phi) is 5.92. The molecule has 0 amide bonds. The molecule has 0 N–H and O–H groups in total. The number of aromatic nitrogens is 1. The number of nitrogens with zero attached hydrogens (tertiary/aromatic N) is 2. The second kappa shape index (κ2) is 8.63. The molecule has 1 aliphatic heterocycles. The highest BCUT2D eigenvalue weighted by Crippen LogP contribution is 2.34. The van der Waals surface area contributed by atoms with E-state index in [0.717, 1.165) is 59.7 Å². The van der Waals surface area contributed by atoms with Crippen LogP contribution in [0.2, 0.25) is 0 Å². The first kappa shape index (κ1) is 21.2. The van der Waals surface area contributed by atoms with Crippen LogP contribution in [0.15, 0.2) is 30.3 Å². The van der Waals surface area contributed by atoms with Gasteiger partial charge in [0.15, 0.2) is 0 Å². The second-order valence-electron chi connectivity index (χ2n) is 8.02. The Hall–Kier alpha value is -2.99. The molecule has 0 radical (unpaired) electrons. The number of aryl methyl sites for hydroxylation is 1.